The SMILES string of the molecule is CCOC(=O)C(NC(C)CC)c1ccc(Cl)cc1F. The number of ether oxygens (including phenoxy) is 1. The lowest BCUT2D eigenvalue weighted by Gasteiger charge is -2.22. The average molecular weight is 288 g/mol. The molecule has 1 rings (SSSR count). The van der Waals surface area contributed by atoms with Crippen molar-refractivity contribution in [2.45, 2.75) is 39.3 Å². The van der Waals surface area contributed by atoms with E-state index in [9.17, 15) is 9.18 Å². The number of hydrogen-bond acceptors (Lipinski definition) is 3. The van der Waals surface area contributed by atoms with Gasteiger partial charge in [-0.1, -0.05) is 24.6 Å². The highest BCUT2D eigenvalue weighted by Crippen LogP contribution is 2.22. The molecule has 5 heteroatoms. The zero-order valence-electron chi connectivity index (χ0n) is 11.4. The molecule has 1 aromatic carbocycles. The first-order valence-corrected chi connectivity index (χ1v) is 6.75. The van der Waals surface area contributed by atoms with E-state index >= 15 is 0 Å². The summed E-state index contributed by atoms with van der Waals surface area (Å²) >= 11 is 5.72. The molecular weight excluding hydrogens is 269 g/mol. The monoisotopic (exact) mass is 287 g/mol. The largest absolute Gasteiger partial charge is 0.465 e. The molecule has 1 aromatic rings. The number of hydrogen-bond donors (Lipinski definition) is 1. The minimum Gasteiger partial charge on any atom is -0.465 e. The Kier molecular flexibility index (Phi) is 6.25. The molecule has 0 spiro atoms. The quantitative estimate of drug-likeness (QED) is 0.814. The van der Waals surface area contributed by atoms with E-state index < -0.39 is 17.8 Å². The lowest BCUT2D eigenvalue weighted by molar-refractivity contribution is -0.146. The van der Waals surface area contributed by atoms with Gasteiger partial charge in [-0.3, -0.25) is 5.32 Å². The summed E-state index contributed by atoms with van der Waals surface area (Å²) in [5.74, 6) is -0.995. The Labute approximate surface area is 118 Å². The van der Waals surface area contributed by atoms with Gasteiger partial charge in [-0.25, -0.2) is 9.18 Å². The van der Waals surface area contributed by atoms with Crippen LogP contribution in [0.1, 0.15) is 38.8 Å². The van der Waals surface area contributed by atoms with Gasteiger partial charge in [0, 0.05) is 16.6 Å². The third kappa shape index (κ3) is 4.48. The van der Waals surface area contributed by atoms with Crippen molar-refractivity contribution < 1.29 is 13.9 Å². The average Bonchev–Trinajstić information content (AvgIpc) is 2.36. The summed E-state index contributed by atoms with van der Waals surface area (Å²) in [6, 6.07) is 3.53. The Hall–Kier alpha value is -1.13. The first-order valence-electron chi connectivity index (χ1n) is 6.37. The molecule has 106 valence electrons. The van der Waals surface area contributed by atoms with E-state index in [1.807, 2.05) is 13.8 Å². The van der Waals surface area contributed by atoms with Gasteiger partial charge in [0.2, 0.25) is 0 Å². The lowest BCUT2D eigenvalue weighted by atomic mass is 10.0. The molecule has 0 heterocycles. The van der Waals surface area contributed by atoms with Crippen LogP contribution < -0.4 is 5.32 Å². The Balaban J connectivity index is 3.03. The predicted octanol–water partition coefficient (Wildman–Crippen LogP) is 3.47. The van der Waals surface area contributed by atoms with E-state index in [0.29, 0.717) is 5.02 Å². The van der Waals surface area contributed by atoms with Crippen molar-refractivity contribution in [3.63, 3.8) is 0 Å². The van der Waals surface area contributed by atoms with Gasteiger partial charge in [0.05, 0.1) is 6.61 Å². The number of esters is 1. The molecule has 0 radical (unpaired) electrons. The van der Waals surface area contributed by atoms with Crippen LogP contribution in [0.4, 0.5) is 4.39 Å². The van der Waals surface area contributed by atoms with Crippen LogP contribution in [0, 0.1) is 5.82 Å². The molecule has 0 saturated carbocycles. The van der Waals surface area contributed by atoms with E-state index in [4.69, 9.17) is 16.3 Å². The number of benzene rings is 1. The topological polar surface area (TPSA) is 38.3 Å². The zero-order chi connectivity index (χ0) is 14.4. The molecule has 2 unspecified atom stereocenters. The third-order valence-electron chi connectivity index (χ3n) is 2.86. The highest BCUT2D eigenvalue weighted by atomic mass is 35.5. The van der Waals surface area contributed by atoms with Crippen LogP contribution >= 0.6 is 11.6 Å². The molecule has 0 bridgehead atoms. The minimum absolute atomic E-state index is 0.0736. The smallest absolute Gasteiger partial charge is 0.327 e. The number of halogens is 2. The summed E-state index contributed by atoms with van der Waals surface area (Å²) in [6.45, 7) is 5.89. The maximum Gasteiger partial charge on any atom is 0.327 e. The van der Waals surface area contributed by atoms with Crippen LogP contribution in [0.2, 0.25) is 5.02 Å². The van der Waals surface area contributed by atoms with Gasteiger partial charge in [0.15, 0.2) is 0 Å². The highest BCUT2D eigenvalue weighted by Gasteiger charge is 2.26. The van der Waals surface area contributed by atoms with Crippen LogP contribution in [0.15, 0.2) is 18.2 Å². The van der Waals surface area contributed by atoms with Gasteiger partial charge < -0.3 is 4.74 Å². The zero-order valence-corrected chi connectivity index (χ0v) is 12.1. The van der Waals surface area contributed by atoms with Crippen molar-refractivity contribution >= 4 is 17.6 Å². The third-order valence-corrected chi connectivity index (χ3v) is 3.09. The molecule has 0 aliphatic heterocycles. The van der Waals surface area contributed by atoms with Gasteiger partial charge in [0.25, 0.3) is 0 Å². The molecule has 0 amide bonds. The van der Waals surface area contributed by atoms with Gasteiger partial charge in [0.1, 0.15) is 11.9 Å². The molecule has 0 aliphatic carbocycles. The molecule has 3 nitrogen and oxygen atoms in total. The maximum atomic E-state index is 13.9. The van der Waals surface area contributed by atoms with Gasteiger partial charge in [-0.15, -0.1) is 0 Å². The fourth-order valence-electron chi connectivity index (χ4n) is 1.65. The summed E-state index contributed by atoms with van der Waals surface area (Å²) in [5.41, 5.74) is 0.253. The Bertz CT molecular complexity index is 439. The number of carbonyl (C=O) groups excluding carboxylic acids is 1. The van der Waals surface area contributed by atoms with Gasteiger partial charge >= 0.3 is 5.97 Å². The Morgan fingerprint density at radius 3 is 2.68 bits per heavy atom. The Morgan fingerprint density at radius 2 is 2.16 bits per heavy atom. The standard InChI is InChI=1S/C14H19ClFNO2/c1-4-9(3)17-13(14(18)19-5-2)11-7-6-10(15)8-12(11)16/h6-9,13,17H,4-5H2,1-3H3. The van der Waals surface area contributed by atoms with Crippen molar-refractivity contribution in [3.8, 4) is 0 Å². The van der Waals surface area contributed by atoms with Crippen LogP contribution in [-0.4, -0.2) is 18.6 Å². The van der Waals surface area contributed by atoms with E-state index in [1.54, 1.807) is 13.0 Å². The molecule has 1 N–H and O–H groups in total. The molecule has 0 saturated heterocycles. The summed E-state index contributed by atoms with van der Waals surface area (Å²) in [5, 5.41) is 3.37. The molecule has 0 aromatic heterocycles. The number of rotatable bonds is 6. The second-order valence-electron chi connectivity index (χ2n) is 4.33. The highest BCUT2D eigenvalue weighted by molar-refractivity contribution is 6.30. The molecule has 19 heavy (non-hydrogen) atoms. The van der Waals surface area contributed by atoms with Crippen molar-refractivity contribution in [2.75, 3.05) is 6.61 Å². The molecule has 2 atom stereocenters. The summed E-state index contributed by atoms with van der Waals surface area (Å²) in [6.07, 6.45) is 0.825. The first-order chi connectivity index (χ1) is 8.99. The van der Waals surface area contributed by atoms with Crippen molar-refractivity contribution in [3.05, 3.63) is 34.6 Å². The molecule has 0 fully saturated rings. The fourth-order valence-corrected chi connectivity index (χ4v) is 1.81. The van der Waals surface area contributed by atoms with Crippen LogP contribution in [-0.2, 0) is 9.53 Å². The van der Waals surface area contributed by atoms with E-state index in [1.165, 1.54) is 12.1 Å². The summed E-state index contributed by atoms with van der Waals surface area (Å²) in [7, 11) is 0. The number of nitrogens with one attached hydrogen (secondary N) is 1. The van der Waals surface area contributed by atoms with Crippen molar-refractivity contribution in [2.24, 2.45) is 0 Å². The molecular formula is C14H19ClFNO2. The fraction of sp³-hybridized carbons (Fsp3) is 0.500. The van der Waals surface area contributed by atoms with Gasteiger partial charge in [-0.05, 0) is 32.4 Å². The van der Waals surface area contributed by atoms with Crippen LogP contribution in [0.5, 0.6) is 0 Å². The second kappa shape index (κ2) is 7.46. The van der Waals surface area contributed by atoms with E-state index in [0.717, 1.165) is 6.42 Å². The van der Waals surface area contributed by atoms with Crippen LogP contribution in [0.25, 0.3) is 0 Å². The Morgan fingerprint density at radius 1 is 1.47 bits per heavy atom. The first kappa shape index (κ1) is 15.9. The second-order valence-corrected chi connectivity index (χ2v) is 4.76. The molecule has 0 aliphatic rings. The summed E-state index contributed by atoms with van der Waals surface area (Å²) in [4.78, 5) is 11.9. The van der Waals surface area contributed by atoms with Crippen molar-refractivity contribution in [1.82, 2.24) is 5.32 Å². The lowest BCUT2D eigenvalue weighted by Crippen LogP contribution is -2.36. The maximum absolute atomic E-state index is 13.9. The number of carbonyl (C=O) groups is 1. The summed E-state index contributed by atoms with van der Waals surface area (Å²) < 4.78 is 18.9. The minimum atomic E-state index is -0.813. The van der Waals surface area contributed by atoms with Crippen LogP contribution in [0.3, 0.4) is 0 Å². The van der Waals surface area contributed by atoms with E-state index in [2.05, 4.69) is 5.32 Å². The van der Waals surface area contributed by atoms with E-state index in [-0.39, 0.29) is 18.2 Å². The predicted molar refractivity (Wildman–Crippen MR) is 73.7 cm³/mol. The van der Waals surface area contributed by atoms with Gasteiger partial charge in [-0.2, -0.15) is 0 Å². The van der Waals surface area contributed by atoms with Crippen molar-refractivity contribution in [1.29, 1.82) is 0 Å². The normalized spacial score (nSPS) is 13.9.